The van der Waals surface area contributed by atoms with Crippen molar-refractivity contribution in [1.82, 2.24) is 20.2 Å². The van der Waals surface area contributed by atoms with Gasteiger partial charge in [0, 0.05) is 17.9 Å². The fraction of sp³-hybridized carbons (Fsp3) is 0.462. The summed E-state index contributed by atoms with van der Waals surface area (Å²) in [4.78, 5) is 0. The summed E-state index contributed by atoms with van der Waals surface area (Å²) >= 11 is 0. The van der Waals surface area contributed by atoms with Gasteiger partial charge in [0.05, 0.1) is 13.2 Å². The fourth-order valence-electron chi connectivity index (χ4n) is 1.97. The molecule has 1 aromatic carbocycles. The van der Waals surface area contributed by atoms with E-state index >= 15 is 0 Å². The van der Waals surface area contributed by atoms with Gasteiger partial charge in [0.2, 0.25) is 0 Å². The summed E-state index contributed by atoms with van der Waals surface area (Å²) in [7, 11) is 0. The quantitative estimate of drug-likeness (QED) is 0.639. The Kier molecular flexibility index (Phi) is 3.60. The van der Waals surface area contributed by atoms with Crippen LogP contribution in [0.2, 0.25) is 0 Å². The molecule has 2 aromatic rings. The second-order valence-corrected chi connectivity index (χ2v) is 4.98. The predicted molar refractivity (Wildman–Crippen MR) is 71.2 cm³/mol. The monoisotopic (exact) mass is 277 g/mol. The first-order valence-electron chi connectivity index (χ1n) is 6.63. The van der Waals surface area contributed by atoms with Gasteiger partial charge in [0.1, 0.15) is 5.82 Å². The number of tetrazole rings is 1. The van der Waals surface area contributed by atoms with Gasteiger partial charge in [-0.1, -0.05) is 0 Å². The highest BCUT2D eigenvalue weighted by molar-refractivity contribution is 5.71. The van der Waals surface area contributed by atoms with Crippen LogP contribution in [-0.4, -0.2) is 33.4 Å². The minimum atomic E-state index is -0.377. The highest BCUT2D eigenvalue weighted by Gasteiger charge is 2.21. The molecule has 0 unspecified atom stereocenters. The molecule has 3 rings (SSSR count). The highest BCUT2D eigenvalue weighted by Crippen LogP contribution is 2.28. The zero-order chi connectivity index (χ0) is 13.9. The molecule has 1 saturated carbocycles. The molecule has 1 aliphatic rings. The Labute approximate surface area is 115 Å². The topological polar surface area (TPSA) is 78.9 Å². The van der Waals surface area contributed by atoms with Gasteiger partial charge in [-0.2, -0.15) is 0 Å². The summed E-state index contributed by atoms with van der Waals surface area (Å²) in [5, 5.41) is 11.5. The molecule has 0 bridgehead atoms. The van der Waals surface area contributed by atoms with Crippen LogP contribution in [0.4, 0.5) is 10.1 Å². The second kappa shape index (κ2) is 5.54. The van der Waals surface area contributed by atoms with E-state index in [1.807, 2.05) is 0 Å². The second-order valence-electron chi connectivity index (χ2n) is 4.98. The van der Waals surface area contributed by atoms with Gasteiger partial charge in [-0.3, -0.25) is 0 Å². The molecule has 0 radical (unpaired) electrons. The van der Waals surface area contributed by atoms with Gasteiger partial charge in [-0.15, -0.1) is 5.10 Å². The van der Waals surface area contributed by atoms with Crippen LogP contribution in [0.15, 0.2) is 18.2 Å². The average Bonchev–Trinajstić information content (AvgIpc) is 3.13. The van der Waals surface area contributed by atoms with Crippen LogP contribution >= 0.6 is 0 Å². The lowest BCUT2D eigenvalue weighted by molar-refractivity contribution is 0.114. The Morgan fingerprint density at radius 3 is 3.00 bits per heavy atom. The van der Waals surface area contributed by atoms with E-state index in [0.29, 0.717) is 30.2 Å². The largest absolute Gasteiger partial charge is 0.398 e. The summed E-state index contributed by atoms with van der Waals surface area (Å²) in [5.41, 5.74) is 6.75. The van der Waals surface area contributed by atoms with Crippen molar-refractivity contribution in [2.24, 2.45) is 5.92 Å². The molecule has 0 amide bonds. The number of halogens is 1. The number of ether oxygens (including phenoxy) is 1. The maximum absolute atomic E-state index is 13.1. The molecular formula is C13H16FN5O. The lowest BCUT2D eigenvalue weighted by Crippen LogP contribution is -2.11. The Balaban J connectivity index is 1.68. The van der Waals surface area contributed by atoms with Crippen molar-refractivity contribution in [2.75, 3.05) is 18.9 Å². The SMILES string of the molecule is Nc1cc(F)ccc1-c1nnnn1CCOCC1CC1. The Bertz CT molecular complexity index is 596. The van der Waals surface area contributed by atoms with Crippen LogP contribution < -0.4 is 5.73 Å². The number of nitrogens with zero attached hydrogens (tertiary/aromatic N) is 4. The number of nitrogens with two attached hydrogens (primary N) is 1. The van der Waals surface area contributed by atoms with Gasteiger partial charge < -0.3 is 10.5 Å². The number of aromatic nitrogens is 4. The molecule has 1 aromatic heterocycles. The number of rotatable bonds is 6. The molecule has 1 aliphatic carbocycles. The first-order valence-corrected chi connectivity index (χ1v) is 6.63. The van der Waals surface area contributed by atoms with Crippen molar-refractivity contribution in [1.29, 1.82) is 0 Å². The molecule has 6 nitrogen and oxygen atoms in total. The van der Waals surface area contributed by atoms with Crippen molar-refractivity contribution in [2.45, 2.75) is 19.4 Å². The van der Waals surface area contributed by atoms with Crippen LogP contribution in [0.5, 0.6) is 0 Å². The highest BCUT2D eigenvalue weighted by atomic mass is 19.1. The van der Waals surface area contributed by atoms with Gasteiger partial charge in [-0.05, 0) is 47.4 Å². The average molecular weight is 277 g/mol. The summed E-state index contributed by atoms with van der Waals surface area (Å²) < 4.78 is 20.2. The van der Waals surface area contributed by atoms with E-state index in [9.17, 15) is 4.39 Å². The van der Waals surface area contributed by atoms with Gasteiger partial charge in [0.15, 0.2) is 5.82 Å². The number of anilines is 1. The zero-order valence-electron chi connectivity index (χ0n) is 11.0. The third kappa shape index (κ3) is 2.93. The minimum Gasteiger partial charge on any atom is -0.398 e. The lowest BCUT2D eigenvalue weighted by atomic mass is 10.1. The smallest absolute Gasteiger partial charge is 0.184 e. The fourth-order valence-corrected chi connectivity index (χ4v) is 1.97. The van der Waals surface area contributed by atoms with Crippen molar-refractivity contribution in [3.63, 3.8) is 0 Å². The Morgan fingerprint density at radius 2 is 2.25 bits per heavy atom. The normalized spacial score (nSPS) is 14.7. The standard InChI is InChI=1S/C13H16FN5O/c14-10-3-4-11(12(15)7-10)13-16-17-18-19(13)5-6-20-8-9-1-2-9/h3-4,7,9H,1-2,5-6,8,15H2. The third-order valence-electron chi connectivity index (χ3n) is 3.28. The van der Waals surface area contributed by atoms with E-state index in [1.165, 1.54) is 25.0 Å². The van der Waals surface area contributed by atoms with Gasteiger partial charge >= 0.3 is 0 Å². The van der Waals surface area contributed by atoms with Gasteiger partial charge in [-0.25, -0.2) is 9.07 Å². The summed E-state index contributed by atoms with van der Waals surface area (Å²) in [6, 6.07) is 4.18. The summed E-state index contributed by atoms with van der Waals surface area (Å²) in [6.45, 7) is 1.90. The lowest BCUT2D eigenvalue weighted by Gasteiger charge is -2.07. The van der Waals surface area contributed by atoms with Crippen molar-refractivity contribution >= 4 is 5.69 Å². The van der Waals surface area contributed by atoms with E-state index in [1.54, 1.807) is 10.7 Å². The maximum Gasteiger partial charge on any atom is 0.184 e. The Morgan fingerprint density at radius 1 is 1.40 bits per heavy atom. The Hall–Kier alpha value is -2.02. The molecular weight excluding hydrogens is 261 g/mol. The van der Waals surface area contributed by atoms with Gasteiger partial charge in [0.25, 0.3) is 0 Å². The number of hydrogen-bond donors (Lipinski definition) is 1. The van der Waals surface area contributed by atoms with E-state index in [0.717, 1.165) is 12.5 Å². The first-order chi connectivity index (χ1) is 9.74. The zero-order valence-corrected chi connectivity index (χ0v) is 11.0. The molecule has 20 heavy (non-hydrogen) atoms. The molecule has 0 spiro atoms. The van der Waals surface area contributed by atoms with E-state index in [4.69, 9.17) is 10.5 Å². The molecule has 7 heteroatoms. The predicted octanol–water partition coefficient (Wildman–Crippen LogP) is 1.49. The first kappa shape index (κ1) is 13.0. The van der Waals surface area contributed by atoms with Crippen molar-refractivity contribution in [3.8, 4) is 11.4 Å². The van der Waals surface area contributed by atoms with Crippen LogP contribution in [0.25, 0.3) is 11.4 Å². The molecule has 1 fully saturated rings. The minimum absolute atomic E-state index is 0.319. The molecule has 106 valence electrons. The van der Waals surface area contributed by atoms with Crippen molar-refractivity contribution < 1.29 is 9.13 Å². The van der Waals surface area contributed by atoms with E-state index in [2.05, 4.69) is 15.5 Å². The van der Waals surface area contributed by atoms with Crippen LogP contribution in [-0.2, 0) is 11.3 Å². The van der Waals surface area contributed by atoms with E-state index < -0.39 is 0 Å². The summed E-state index contributed by atoms with van der Waals surface area (Å²) in [6.07, 6.45) is 2.53. The molecule has 0 atom stereocenters. The van der Waals surface area contributed by atoms with E-state index in [-0.39, 0.29) is 5.82 Å². The molecule has 1 heterocycles. The number of benzene rings is 1. The van der Waals surface area contributed by atoms with Crippen LogP contribution in [0, 0.1) is 11.7 Å². The molecule has 2 N–H and O–H groups in total. The number of nitrogen functional groups attached to an aromatic ring is 1. The summed E-state index contributed by atoms with van der Waals surface area (Å²) in [5.74, 6) is 0.881. The maximum atomic E-state index is 13.1. The third-order valence-corrected chi connectivity index (χ3v) is 3.28. The van der Waals surface area contributed by atoms with Crippen LogP contribution in [0.3, 0.4) is 0 Å². The van der Waals surface area contributed by atoms with Crippen LogP contribution in [0.1, 0.15) is 12.8 Å². The molecule has 0 aliphatic heterocycles. The van der Waals surface area contributed by atoms with Crippen molar-refractivity contribution in [3.05, 3.63) is 24.0 Å². The number of hydrogen-bond acceptors (Lipinski definition) is 5. The molecule has 0 saturated heterocycles.